The van der Waals surface area contributed by atoms with Gasteiger partial charge in [0.2, 0.25) is 0 Å². The van der Waals surface area contributed by atoms with Crippen LogP contribution in [0, 0.1) is 0 Å². The van der Waals surface area contributed by atoms with Crippen LogP contribution in [0.1, 0.15) is 37.3 Å². The lowest BCUT2D eigenvalue weighted by atomic mass is 10.0. The van der Waals surface area contributed by atoms with Crippen molar-refractivity contribution in [2.75, 3.05) is 13.6 Å². The van der Waals surface area contributed by atoms with Crippen molar-refractivity contribution >= 4 is 0 Å². The van der Waals surface area contributed by atoms with Crippen molar-refractivity contribution < 1.29 is 0 Å². The normalized spacial score (nSPS) is 10.9. The van der Waals surface area contributed by atoms with Crippen molar-refractivity contribution in [1.29, 1.82) is 0 Å². The summed E-state index contributed by atoms with van der Waals surface area (Å²) in [4.78, 5) is 0. The molecule has 0 aromatic heterocycles. The number of rotatable bonds is 5. The first-order chi connectivity index (χ1) is 6.74. The minimum absolute atomic E-state index is 0.640. The fraction of sp³-hybridized carbons (Fsp3) is 0.538. The maximum absolute atomic E-state index is 3.17. The minimum atomic E-state index is 0.640. The molecule has 0 fully saturated rings. The van der Waals surface area contributed by atoms with Crippen LogP contribution >= 0.6 is 0 Å². The minimum Gasteiger partial charge on any atom is -0.320 e. The molecule has 0 atom stereocenters. The average Bonchev–Trinajstić information content (AvgIpc) is 2.19. The Morgan fingerprint density at radius 1 is 1.14 bits per heavy atom. The van der Waals surface area contributed by atoms with E-state index in [2.05, 4.69) is 43.4 Å². The standard InChI is InChI=1S/C13H21N/c1-11(2)13-8-6-12(7-9-13)5-4-10-14-3/h6-9,11,14H,4-5,10H2,1-3H3. The van der Waals surface area contributed by atoms with Gasteiger partial charge in [-0.1, -0.05) is 38.1 Å². The molecule has 0 bridgehead atoms. The van der Waals surface area contributed by atoms with Crippen LogP contribution in [0.4, 0.5) is 0 Å². The van der Waals surface area contributed by atoms with Crippen molar-refractivity contribution in [3.05, 3.63) is 35.4 Å². The molecule has 1 aromatic carbocycles. The summed E-state index contributed by atoms with van der Waals surface area (Å²) in [6.07, 6.45) is 2.40. The maximum Gasteiger partial charge on any atom is -0.00488 e. The van der Waals surface area contributed by atoms with Gasteiger partial charge < -0.3 is 5.32 Å². The first-order valence-electron chi connectivity index (χ1n) is 5.47. The van der Waals surface area contributed by atoms with Crippen LogP contribution in [-0.2, 0) is 6.42 Å². The van der Waals surface area contributed by atoms with Gasteiger partial charge in [-0.3, -0.25) is 0 Å². The number of hydrogen-bond acceptors (Lipinski definition) is 1. The number of hydrogen-bond donors (Lipinski definition) is 1. The lowest BCUT2D eigenvalue weighted by Crippen LogP contribution is -2.08. The van der Waals surface area contributed by atoms with Crippen LogP contribution in [0.5, 0.6) is 0 Å². The summed E-state index contributed by atoms with van der Waals surface area (Å²) in [6, 6.07) is 9.01. The quantitative estimate of drug-likeness (QED) is 0.706. The highest BCUT2D eigenvalue weighted by molar-refractivity contribution is 5.24. The summed E-state index contributed by atoms with van der Waals surface area (Å²) < 4.78 is 0. The monoisotopic (exact) mass is 191 g/mol. The van der Waals surface area contributed by atoms with E-state index in [1.165, 1.54) is 24.0 Å². The molecule has 0 unspecified atom stereocenters. The molecule has 0 aliphatic heterocycles. The zero-order chi connectivity index (χ0) is 10.4. The second-order valence-electron chi connectivity index (χ2n) is 4.10. The highest BCUT2D eigenvalue weighted by Crippen LogP contribution is 2.15. The molecule has 1 nitrogen and oxygen atoms in total. The van der Waals surface area contributed by atoms with E-state index in [0.29, 0.717) is 5.92 Å². The summed E-state index contributed by atoms with van der Waals surface area (Å²) in [7, 11) is 2.00. The predicted molar refractivity (Wildman–Crippen MR) is 62.8 cm³/mol. The smallest absolute Gasteiger partial charge is 0.00488 e. The van der Waals surface area contributed by atoms with Gasteiger partial charge >= 0.3 is 0 Å². The molecule has 0 spiro atoms. The molecular weight excluding hydrogens is 170 g/mol. The van der Waals surface area contributed by atoms with E-state index in [9.17, 15) is 0 Å². The first-order valence-corrected chi connectivity index (χ1v) is 5.47. The Bertz CT molecular complexity index is 248. The summed E-state index contributed by atoms with van der Waals surface area (Å²) in [6.45, 7) is 5.57. The molecule has 1 aromatic rings. The van der Waals surface area contributed by atoms with Gasteiger partial charge in [-0.25, -0.2) is 0 Å². The van der Waals surface area contributed by atoms with E-state index in [0.717, 1.165) is 6.54 Å². The average molecular weight is 191 g/mol. The third-order valence-corrected chi connectivity index (χ3v) is 2.54. The van der Waals surface area contributed by atoms with E-state index >= 15 is 0 Å². The van der Waals surface area contributed by atoms with Gasteiger partial charge in [0.15, 0.2) is 0 Å². The van der Waals surface area contributed by atoms with Crippen LogP contribution in [0.25, 0.3) is 0 Å². The van der Waals surface area contributed by atoms with E-state index in [-0.39, 0.29) is 0 Å². The highest BCUT2D eigenvalue weighted by Gasteiger charge is 1.98. The lowest BCUT2D eigenvalue weighted by Gasteiger charge is -2.06. The van der Waals surface area contributed by atoms with Crippen molar-refractivity contribution in [2.24, 2.45) is 0 Å². The second-order valence-corrected chi connectivity index (χ2v) is 4.10. The van der Waals surface area contributed by atoms with E-state index in [4.69, 9.17) is 0 Å². The Balaban J connectivity index is 2.47. The molecule has 0 amide bonds. The molecule has 0 saturated heterocycles. The Hall–Kier alpha value is -0.820. The molecule has 0 saturated carbocycles. The Morgan fingerprint density at radius 2 is 1.79 bits per heavy atom. The molecule has 0 aliphatic carbocycles. The van der Waals surface area contributed by atoms with E-state index in [1.54, 1.807) is 0 Å². The third kappa shape index (κ3) is 3.51. The first kappa shape index (κ1) is 11.3. The number of benzene rings is 1. The van der Waals surface area contributed by atoms with Gasteiger partial charge in [-0.15, -0.1) is 0 Å². The SMILES string of the molecule is CNCCCc1ccc(C(C)C)cc1. The fourth-order valence-electron chi connectivity index (χ4n) is 1.54. The van der Waals surface area contributed by atoms with Crippen molar-refractivity contribution in [3.8, 4) is 0 Å². The topological polar surface area (TPSA) is 12.0 Å². The zero-order valence-corrected chi connectivity index (χ0v) is 9.51. The molecular formula is C13H21N. The van der Waals surface area contributed by atoms with Crippen molar-refractivity contribution in [3.63, 3.8) is 0 Å². The van der Waals surface area contributed by atoms with Crippen LogP contribution in [0.3, 0.4) is 0 Å². The van der Waals surface area contributed by atoms with Crippen LogP contribution < -0.4 is 5.32 Å². The molecule has 1 rings (SSSR count). The molecule has 0 radical (unpaired) electrons. The van der Waals surface area contributed by atoms with Crippen LogP contribution in [-0.4, -0.2) is 13.6 Å². The van der Waals surface area contributed by atoms with Crippen LogP contribution in [0.15, 0.2) is 24.3 Å². The number of nitrogens with one attached hydrogen (secondary N) is 1. The fourth-order valence-corrected chi connectivity index (χ4v) is 1.54. The van der Waals surface area contributed by atoms with E-state index < -0.39 is 0 Å². The molecule has 1 N–H and O–H groups in total. The molecule has 14 heavy (non-hydrogen) atoms. The number of aryl methyl sites for hydroxylation is 1. The Morgan fingerprint density at radius 3 is 2.29 bits per heavy atom. The molecule has 0 aliphatic rings. The van der Waals surface area contributed by atoms with Crippen molar-refractivity contribution in [1.82, 2.24) is 5.32 Å². The van der Waals surface area contributed by atoms with Gasteiger partial charge in [-0.05, 0) is 43.5 Å². The summed E-state index contributed by atoms with van der Waals surface area (Å²) in [5.41, 5.74) is 2.88. The second kappa shape index (κ2) is 5.82. The van der Waals surface area contributed by atoms with Gasteiger partial charge in [0.25, 0.3) is 0 Å². The highest BCUT2D eigenvalue weighted by atomic mass is 14.8. The third-order valence-electron chi connectivity index (χ3n) is 2.54. The molecule has 1 heteroatoms. The van der Waals surface area contributed by atoms with Gasteiger partial charge in [0.1, 0.15) is 0 Å². The van der Waals surface area contributed by atoms with Gasteiger partial charge in [0.05, 0.1) is 0 Å². The summed E-state index contributed by atoms with van der Waals surface area (Å²) >= 11 is 0. The summed E-state index contributed by atoms with van der Waals surface area (Å²) in [5.74, 6) is 0.640. The molecule has 78 valence electrons. The van der Waals surface area contributed by atoms with Crippen molar-refractivity contribution in [2.45, 2.75) is 32.6 Å². The molecule has 0 heterocycles. The van der Waals surface area contributed by atoms with Gasteiger partial charge in [-0.2, -0.15) is 0 Å². The van der Waals surface area contributed by atoms with Gasteiger partial charge in [0, 0.05) is 0 Å². The zero-order valence-electron chi connectivity index (χ0n) is 9.51. The predicted octanol–water partition coefficient (Wildman–Crippen LogP) is 2.96. The van der Waals surface area contributed by atoms with E-state index in [1.807, 2.05) is 7.05 Å². The summed E-state index contributed by atoms with van der Waals surface area (Å²) in [5, 5.41) is 3.17. The Labute approximate surface area is 87.5 Å². The Kier molecular flexibility index (Phi) is 4.68. The maximum atomic E-state index is 3.17. The van der Waals surface area contributed by atoms with Crippen LogP contribution in [0.2, 0.25) is 0 Å². The largest absolute Gasteiger partial charge is 0.320 e. The lowest BCUT2D eigenvalue weighted by molar-refractivity contribution is 0.724.